The number of nitrogens with zero attached hydrogens (tertiary/aromatic N) is 1. The van der Waals surface area contributed by atoms with Crippen LogP contribution in [0.15, 0.2) is 30.3 Å². The standard InChI is InChI=1S/C12H15NO.CH3I/c14-12-6-8-13(9-7-12)10-11-4-2-1-3-5-11;1-2/h1-5H,6-10H2;1H3. The molecule has 1 heterocycles. The van der Waals surface area contributed by atoms with Crippen molar-refractivity contribution in [2.24, 2.45) is 0 Å². The molecule has 0 radical (unpaired) electrons. The van der Waals surface area contributed by atoms with E-state index in [9.17, 15) is 4.79 Å². The Labute approximate surface area is 111 Å². The number of hydrogen-bond donors (Lipinski definition) is 0. The van der Waals surface area contributed by atoms with Crippen LogP contribution in [-0.2, 0) is 11.3 Å². The Morgan fingerprint density at radius 1 is 1.12 bits per heavy atom. The van der Waals surface area contributed by atoms with E-state index in [4.69, 9.17) is 0 Å². The van der Waals surface area contributed by atoms with Gasteiger partial charge in [-0.15, -0.1) is 0 Å². The van der Waals surface area contributed by atoms with Gasteiger partial charge >= 0.3 is 0 Å². The van der Waals surface area contributed by atoms with Gasteiger partial charge in [0.15, 0.2) is 0 Å². The Hall–Kier alpha value is -0.420. The molecule has 16 heavy (non-hydrogen) atoms. The van der Waals surface area contributed by atoms with E-state index in [1.807, 2.05) is 11.0 Å². The van der Waals surface area contributed by atoms with E-state index in [2.05, 4.69) is 51.8 Å². The molecule has 1 aromatic carbocycles. The van der Waals surface area contributed by atoms with Gasteiger partial charge < -0.3 is 0 Å². The maximum atomic E-state index is 11.0. The van der Waals surface area contributed by atoms with Crippen LogP contribution >= 0.6 is 22.6 Å². The second-order valence-corrected chi connectivity index (χ2v) is 3.80. The number of halogens is 1. The van der Waals surface area contributed by atoms with Crippen molar-refractivity contribution in [3.05, 3.63) is 35.9 Å². The minimum atomic E-state index is 0.411. The SMILES string of the molecule is CI.O=C1CCN(Cc2ccccc2)CC1. The molecule has 0 amide bonds. The summed E-state index contributed by atoms with van der Waals surface area (Å²) in [5.74, 6) is 0.411. The minimum Gasteiger partial charge on any atom is -0.300 e. The molecule has 1 fully saturated rings. The van der Waals surface area contributed by atoms with Crippen molar-refractivity contribution in [3.8, 4) is 0 Å². The van der Waals surface area contributed by atoms with Crippen LogP contribution in [0.1, 0.15) is 18.4 Å². The molecule has 1 aliphatic heterocycles. The molecule has 3 heteroatoms. The molecule has 1 saturated heterocycles. The monoisotopic (exact) mass is 331 g/mol. The van der Waals surface area contributed by atoms with E-state index in [1.54, 1.807) is 0 Å². The third-order valence-corrected chi connectivity index (χ3v) is 2.66. The zero-order valence-corrected chi connectivity index (χ0v) is 11.8. The van der Waals surface area contributed by atoms with Gasteiger partial charge in [0, 0.05) is 32.5 Å². The number of ketones is 1. The van der Waals surface area contributed by atoms with E-state index in [1.165, 1.54) is 5.56 Å². The summed E-state index contributed by atoms with van der Waals surface area (Å²) in [6.45, 7) is 2.83. The first-order chi connectivity index (χ1) is 7.84. The summed E-state index contributed by atoms with van der Waals surface area (Å²) in [6.07, 6.45) is 1.46. The summed E-state index contributed by atoms with van der Waals surface area (Å²) < 4.78 is 0. The van der Waals surface area contributed by atoms with Gasteiger partial charge in [0.1, 0.15) is 5.78 Å². The van der Waals surface area contributed by atoms with Crippen LogP contribution in [0, 0.1) is 0 Å². The van der Waals surface area contributed by atoms with Crippen molar-refractivity contribution in [1.29, 1.82) is 0 Å². The fraction of sp³-hybridized carbons (Fsp3) is 0.462. The molecule has 2 nitrogen and oxygen atoms in total. The smallest absolute Gasteiger partial charge is 0.135 e. The van der Waals surface area contributed by atoms with E-state index < -0.39 is 0 Å². The number of Topliss-reactive ketones (excluding diaryl/α,β-unsaturated/α-hetero) is 1. The highest BCUT2D eigenvalue weighted by Gasteiger charge is 2.15. The molecule has 2 rings (SSSR count). The normalized spacial score (nSPS) is 16.5. The largest absolute Gasteiger partial charge is 0.300 e. The van der Waals surface area contributed by atoms with E-state index >= 15 is 0 Å². The molecular weight excluding hydrogens is 313 g/mol. The van der Waals surface area contributed by atoms with Crippen LogP contribution in [0.2, 0.25) is 0 Å². The predicted molar refractivity (Wildman–Crippen MR) is 75.9 cm³/mol. The predicted octanol–water partition coefficient (Wildman–Crippen LogP) is 2.90. The van der Waals surface area contributed by atoms with Gasteiger partial charge in [0.25, 0.3) is 0 Å². The number of carbonyl (C=O) groups is 1. The van der Waals surface area contributed by atoms with Gasteiger partial charge in [-0.3, -0.25) is 9.69 Å². The zero-order valence-electron chi connectivity index (χ0n) is 9.66. The fourth-order valence-electron chi connectivity index (χ4n) is 1.80. The quantitative estimate of drug-likeness (QED) is 0.614. The van der Waals surface area contributed by atoms with E-state index in [-0.39, 0.29) is 0 Å². The van der Waals surface area contributed by atoms with Crippen LogP contribution < -0.4 is 0 Å². The lowest BCUT2D eigenvalue weighted by atomic mass is 10.1. The van der Waals surface area contributed by atoms with Crippen LogP contribution in [0.5, 0.6) is 0 Å². The second kappa shape index (κ2) is 7.79. The fourth-order valence-corrected chi connectivity index (χ4v) is 1.80. The lowest BCUT2D eigenvalue weighted by Gasteiger charge is -2.25. The van der Waals surface area contributed by atoms with Crippen LogP contribution in [0.3, 0.4) is 0 Å². The van der Waals surface area contributed by atoms with Crippen molar-refractivity contribution in [2.45, 2.75) is 19.4 Å². The summed E-state index contributed by atoms with van der Waals surface area (Å²) >= 11 is 2.15. The van der Waals surface area contributed by atoms with Crippen molar-refractivity contribution >= 4 is 28.4 Å². The Morgan fingerprint density at radius 3 is 2.25 bits per heavy atom. The Bertz CT molecular complexity index is 303. The van der Waals surface area contributed by atoms with Crippen LogP contribution in [-0.4, -0.2) is 28.7 Å². The summed E-state index contributed by atoms with van der Waals surface area (Å²) in [5, 5.41) is 0. The van der Waals surface area contributed by atoms with Crippen molar-refractivity contribution in [3.63, 3.8) is 0 Å². The minimum absolute atomic E-state index is 0.411. The van der Waals surface area contributed by atoms with Gasteiger partial charge in [-0.25, -0.2) is 0 Å². The summed E-state index contributed by atoms with van der Waals surface area (Å²) in [7, 11) is 0. The number of piperidine rings is 1. The first-order valence-corrected chi connectivity index (χ1v) is 7.66. The zero-order chi connectivity index (χ0) is 11.8. The number of likely N-dealkylation sites (tertiary alicyclic amines) is 1. The Morgan fingerprint density at radius 2 is 1.69 bits per heavy atom. The number of rotatable bonds is 2. The second-order valence-electron chi connectivity index (χ2n) is 3.80. The lowest BCUT2D eigenvalue weighted by Crippen LogP contribution is -2.33. The van der Waals surface area contributed by atoms with Gasteiger partial charge in [-0.2, -0.15) is 0 Å². The Kier molecular flexibility index (Phi) is 6.64. The molecule has 0 spiro atoms. The molecule has 0 saturated carbocycles. The number of benzene rings is 1. The average molecular weight is 331 g/mol. The van der Waals surface area contributed by atoms with Crippen LogP contribution in [0.4, 0.5) is 0 Å². The average Bonchev–Trinajstić information content (AvgIpc) is 2.36. The molecule has 0 bridgehead atoms. The molecule has 0 N–H and O–H groups in total. The lowest BCUT2D eigenvalue weighted by molar-refractivity contribution is -0.121. The molecule has 1 aromatic rings. The van der Waals surface area contributed by atoms with Crippen molar-refractivity contribution in [1.82, 2.24) is 4.90 Å². The summed E-state index contributed by atoms with van der Waals surface area (Å²) in [4.78, 5) is 15.3. The van der Waals surface area contributed by atoms with Gasteiger partial charge in [0.2, 0.25) is 0 Å². The summed E-state index contributed by atoms with van der Waals surface area (Å²) in [5.41, 5.74) is 1.34. The molecule has 88 valence electrons. The molecule has 0 aromatic heterocycles. The van der Waals surface area contributed by atoms with Crippen LogP contribution in [0.25, 0.3) is 0 Å². The topological polar surface area (TPSA) is 20.3 Å². The number of alkyl halides is 1. The van der Waals surface area contributed by atoms with Gasteiger partial charge in [-0.05, 0) is 10.5 Å². The van der Waals surface area contributed by atoms with Gasteiger partial charge in [-0.1, -0.05) is 52.9 Å². The van der Waals surface area contributed by atoms with Crippen molar-refractivity contribution in [2.75, 3.05) is 18.0 Å². The molecular formula is C13H18INO. The highest BCUT2D eigenvalue weighted by molar-refractivity contribution is 14.1. The molecule has 0 aliphatic carbocycles. The molecule has 0 unspecified atom stereocenters. The maximum absolute atomic E-state index is 11.0. The van der Waals surface area contributed by atoms with E-state index in [0.717, 1.165) is 32.5 Å². The Balaban J connectivity index is 0.000000606. The highest BCUT2D eigenvalue weighted by Crippen LogP contribution is 2.10. The van der Waals surface area contributed by atoms with Crippen molar-refractivity contribution < 1.29 is 4.79 Å². The van der Waals surface area contributed by atoms with E-state index in [0.29, 0.717) is 5.78 Å². The van der Waals surface area contributed by atoms with Gasteiger partial charge in [0.05, 0.1) is 0 Å². The number of hydrogen-bond acceptors (Lipinski definition) is 2. The molecule has 0 atom stereocenters. The summed E-state index contributed by atoms with van der Waals surface area (Å²) in [6, 6.07) is 10.4. The first kappa shape index (κ1) is 13.6. The third-order valence-electron chi connectivity index (χ3n) is 2.66. The molecule has 1 aliphatic rings. The first-order valence-electron chi connectivity index (χ1n) is 5.50. The third kappa shape index (κ3) is 4.61. The maximum Gasteiger partial charge on any atom is 0.135 e. The number of carbonyl (C=O) groups excluding carboxylic acids is 1. The highest BCUT2D eigenvalue weighted by atomic mass is 127.